The molecule has 0 aliphatic carbocycles. The molecular formula is C20H29NO3S. The Morgan fingerprint density at radius 2 is 1.80 bits per heavy atom. The van der Waals surface area contributed by atoms with Gasteiger partial charge in [-0.1, -0.05) is 36.8 Å². The first kappa shape index (κ1) is 21.5. The molecule has 1 rings (SSSR count). The summed E-state index contributed by atoms with van der Waals surface area (Å²) in [5.74, 6) is -0.0199. The summed E-state index contributed by atoms with van der Waals surface area (Å²) in [6, 6.07) is 10.0. The Labute approximate surface area is 155 Å². The number of carboxylic acid groups (broad SMARTS) is 1. The maximum atomic E-state index is 11.0. The summed E-state index contributed by atoms with van der Waals surface area (Å²) >= 11 is 1.68. The number of rotatable bonds is 15. The van der Waals surface area contributed by atoms with Crippen molar-refractivity contribution >= 4 is 24.0 Å². The van der Waals surface area contributed by atoms with Gasteiger partial charge in [-0.15, -0.1) is 11.8 Å². The second-order valence-electron chi connectivity index (χ2n) is 5.94. The molecule has 0 aromatic heterocycles. The van der Waals surface area contributed by atoms with Crippen LogP contribution in [0, 0.1) is 0 Å². The third-order valence-corrected chi connectivity index (χ3v) is 4.89. The molecule has 1 aromatic rings. The number of hydrogen-bond donors (Lipinski definition) is 2. The minimum atomic E-state index is -0.767. The van der Waals surface area contributed by atoms with Crippen LogP contribution in [0.4, 0.5) is 0 Å². The van der Waals surface area contributed by atoms with Gasteiger partial charge in [0.1, 0.15) is 6.29 Å². The van der Waals surface area contributed by atoms with Crippen LogP contribution in [0.5, 0.6) is 0 Å². The molecule has 5 heteroatoms. The highest BCUT2D eigenvalue weighted by atomic mass is 32.2. The van der Waals surface area contributed by atoms with E-state index in [0.717, 1.165) is 55.6 Å². The van der Waals surface area contributed by atoms with Gasteiger partial charge in [-0.3, -0.25) is 4.79 Å². The number of allylic oxidation sites excluding steroid dienone is 1. The van der Waals surface area contributed by atoms with Gasteiger partial charge in [-0.2, -0.15) is 0 Å². The van der Waals surface area contributed by atoms with Gasteiger partial charge in [0.25, 0.3) is 0 Å². The molecule has 0 fully saturated rings. The Morgan fingerprint density at radius 1 is 1.08 bits per heavy atom. The van der Waals surface area contributed by atoms with Crippen molar-refractivity contribution < 1.29 is 14.7 Å². The van der Waals surface area contributed by atoms with Crippen LogP contribution in [0.25, 0.3) is 0 Å². The van der Waals surface area contributed by atoms with Gasteiger partial charge in [0.05, 0.1) is 6.42 Å². The fourth-order valence-corrected chi connectivity index (χ4v) is 3.37. The molecule has 4 nitrogen and oxygen atoms in total. The van der Waals surface area contributed by atoms with E-state index in [1.807, 2.05) is 30.3 Å². The zero-order valence-electron chi connectivity index (χ0n) is 14.7. The number of thioether (sulfide) groups is 1. The molecule has 0 bridgehead atoms. The van der Waals surface area contributed by atoms with Crippen molar-refractivity contribution in [3.63, 3.8) is 0 Å². The number of benzene rings is 1. The first-order valence-corrected chi connectivity index (χ1v) is 9.92. The second-order valence-corrected chi connectivity index (χ2v) is 7.03. The van der Waals surface area contributed by atoms with E-state index in [0.29, 0.717) is 6.42 Å². The number of carbonyl (C=O) groups excluding carboxylic acids is 1. The molecule has 1 atom stereocenters. The summed E-state index contributed by atoms with van der Waals surface area (Å²) in [4.78, 5) is 22.4. The highest BCUT2D eigenvalue weighted by Gasteiger charge is 2.12. The lowest BCUT2D eigenvalue weighted by atomic mass is 10.1. The normalized spacial score (nSPS) is 12.3. The highest BCUT2D eigenvalue weighted by molar-refractivity contribution is 7.99. The largest absolute Gasteiger partial charge is 0.481 e. The molecule has 0 saturated carbocycles. The molecule has 2 N–H and O–H groups in total. The molecule has 1 aromatic carbocycles. The fourth-order valence-electron chi connectivity index (χ4n) is 2.39. The van der Waals surface area contributed by atoms with E-state index < -0.39 is 5.97 Å². The van der Waals surface area contributed by atoms with Gasteiger partial charge in [0, 0.05) is 23.1 Å². The molecule has 0 heterocycles. The zero-order chi connectivity index (χ0) is 18.2. The Kier molecular flexibility index (Phi) is 12.6. The predicted octanol–water partition coefficient (Wildman–Crippen LogP) is 4.31. The molecule has 0 spiro atoms. The van der Waals surface area contributed by atoms with Crippen LogP contribution in [0.1, 0.15) is 44.9 Å². The second kappa shape index (κ2) is 14.7. The quantitative estimate of drug-likeness (QED) is 0.210. The number of aldehydes is 1. The van der Waals surface area contributed by atoms with Crippen LogP contribution >= 0.6 is 11.8 Å². The summed E-state index contributed by atoms with van der Waals surface area (Å²) in [6.07, 6.45) is 11.2. The maximum absolute atomic E-state index is 11.0. The molecule has 138 valence electrons. The van der Waals surface area contributed by atoms with Crippen LogP contribution < -0.4 is 5.32 Å². The van der Waals surface area contributed by atoms with Gasteiger partial charge >= 0.3 is 5.97 Å². The van der Waals surface area contributed by atoms with Crippen molar-refractivity contribution in [2.45, 2.75) is 55.9 Å². The highest BCUT2D eigenvalue weighted by Crippen LogP contribution is 2.18. The van der Waals surface area contributed by atoms with E-state index in [9.17, 15) is 9.59 Å². The van der Waals surface area contributed by atoms with Crippen LogP contribution in [-0.4, -0.2) is 35.7 Å². The van der Waals surface area contributed by atoms with Crippen molar-refractivity contribution in [3.05, 3.63) is 42.5 Å². The zero-order valence-corrected chi connectivity index (χ0v) is 15.5. The van der Waals surface area contributed by atoms with E-state index in [4.69, 9.17) is 5.11 Å². The van der Waals surface area contributed by atoms with Crippen LogP contribution in [-0.2, 0) is 9.59 Å². The lowest BCUT2D eigenvalue weighted by Crippen LogP contribution is -2.34. The van der Waals surface area contributed by atoms with Crippen molar-refractivity contribution in [2.24, 2.45) is 0 Å². The van der Waals surface area contributed by atoms with E-state index in [1.165, 1.54) is 0 Å². The SMILES string of the molecule is O=CCCCCC/C=C/CCN[C@H](CSc1ccccc1)CC(=O)O. The fraction of sp³-hybridized carbons (Fsp3) is 0.500. The minimum absolute atomic E-state index is 0.0283. The van der Waals surface area contributed by atoms with Gasteiger partial charge in [0.2, 0.25) is 0 Å². The first-order chi connectivity index (χ1) is 12.2. The topological polar surface area (TPSA) is 66.4 Å². The number of carbonyl (C=O) groups is 2. The predicted molar refractivity (Wildman–Crippen MR) is 104 cm³/mol. The Hall–Kier alpha value is -1.59. The van der Waals surface area contributed by atoms with Gasteiger partial charge < -0.3 is 15.2 Å². The molecule has 25 heavy (non-hydrogen) atoms. The van der Waals surface area contributed by atoms with Crippen molar-refractivity contribution in [3.8, 4) is 0 Å². The van der Waals surface area contributed by atoms with Crippen molar-refractivity contribution in [1.82, 2.24) is 5.32 Å². The lowest BCUT2D eigenvalue weighted by molar-refractivity contribution is -0.137. The average molecular weight is 364 g/mol. The smallest absolute Gasteiger partial charge is 0.304 e. The van der Waals surface area contributed by atoms with Crippen LogP contribution in [0.2, 0.25) is 0 Å². The van der Waals surface area contributed by atoms with Crippen molar-refractivity contribution in [2.75, 3.05) is 12.3 Å². The summed E-state index contributed by atoms with van der Waals surface area (Å²) in [5, 5.41) is 12.4. The van der Waals surface area contributed by atoms with Crippen LogP contribution in [0.3, 0.4) is 0 Å². The number of unbranched alkanes of at least 4 members (excludes halogenated alkanes) is 4. The minimum Gasteiger partial charge on any atom is -0.481 e. The summed E-state index contributed by atoms with van der Waals surface area (Å²) in [7, 11) is 0. The third-order valence-electron chi connectivity index (χ3n) is 3.72. The van der Waals surface area contributed by atoms with Crippen LogP contribution in [0.15, 0.2) is 47.4 Å². The van der Waals surface area contributed by atoms with Gasteiger partial charge in [-0.05, 0) is 44.4 Å². The number of hydrogen-bond acceptors (Lipinski definition) is 4. The van der Waals surface area contributed by atoms with E-state index in [-0.39, 0.29) is 12.5 Å². The average Bonchev–Trinajstić information content (AvgIpc) is 2.61. The number of nitrogens with one attached hydrogen (secondary N) is 1. The van der Waals surface area contributed by atoms with E-state index in [2.05, 4.69) is 17.5 Å². The molecule has 0 aliphatic rings. The molecule has 0 unspecified atom stereocenters. The Balaban J connectivity index is 2.17. The Bertz CT molecular complexity index is 505. The first-order valence-electron chi connectivity index (χ1n) is 8.94. The molecular weight excluding hydrogens is 334 g/mol. The number of aliphatic carboxylic acids is 1. The lowest BCUT2D eigenvalue weighted by Gasteiger charge is -2.16. The monoisotopic (exact) mass is 363 g/mol. The standard InChI is InChI=1S/C20H29NO3S/c22-15-11-6-4-2-1-3-5-10-14-21-18(16-20(23)24)17-25-19-12-8-7-9-13-19/h3,5,7-9,12-13,15,18,21H,1-2,4,6,10-11,14,16-17H2,(H,23,24)/b5-3+/t18-/m0/s1. The Morgan fingerprint density at radius 3 is 2.52 bits per heavy atom. The van der Waals surface area contributed by atoms with E-state index in [1.54, 1.807) is 11.8 Å². The summed E-state index contributed by atoms with van der Waals surface area (Å²) < 4.78 is 0. The van der Waals surface area contributed by atoms with Gasteiger partial charge in [-0.25, -0.2) is 0 Å². The maximum Gasteiger partial charge on any atom is 0.304 e. The number of carboxylic acids is 1. The van der Waals surface area contributed by atoms with E-state index >= 15 is 0 Å². The molecule has 0 radical (unpaired) electrons. The third kappa shape index (κ3) is 12.4. The molecule has 0 amide bonds. The molecule has 0 aliphatic heterocycles. The van der Waals surface area contributed by atoms with Crippen molar-refractivity contribution in [1.29, 1.82) is 0 Å². The van der Waals surface area contributed by atoms with Gasteiger partial charge in [0.15, 0.2) is 0 Å². The summed E-state index contributed by atoms with van der Waals surface area (Å²) in [5.41, 5.74) is 0. The summed E-state index contributed by atoms with van der Waals surface area (Å²) in [6.45, 7) is 0.787. The molecule has 0 saturated heterocycles.